The zero-order chi connectivity index (χ0) is 30.3. The molecular weight excluding hydrogens is 488 g/mol. The highest BCUT2D eigenvalue weighted by molar-refractivity contribution is 5.69. The standard InChI is InChI=1S/2C13H26N2O2.C2H6O2/c2*1-12(2)7-10(14(5)9-11(16)17)8-13(3,4)15(12)6;3-1-2-4/h2*10H,7-9H2,1-6H3,(H,16,17);3-4H,1-2H2. The molecule has 10 nitrogen and oxygen atoms in total. The van der Waals surface area contributed by atoms with E-state index in [9.17, 15) is 9.59 Å². The Morgan fingerprint density at radius 2 is 0.842 bits per heavy atom. The second kappa shape index (κ2) is 14.4. The van der Waals surface area contributed by atoms with Crippen LogP contribution < -0.4 is 0 Å². The van der Waals surface area contributed by atoms with E-state index in [0.29, 0.717) is 12.1 Å². The van der Waals surface area contributed by atoms with Crippen molar-refractivity contribution in [3.8, 4) is 0 Å². The number of aliphatic carboxylic acids is 2. The molecule has 0 unspecified atom stereocenters. The van der Waals surface area contributed by atoms with Gasteiger partial charge < -0.3 is 20.4 Å². The molecule has 0 aromatic heterocycles. The third kappa shape index (κ3) is 11.1. The fraction of sp³-hybridized carbons (Fsp3) is 0.929. The highest BCUT2D eigenvalue weighted by atomic mass is 16.4. The van der Waals surface area contributed by atoms with E-state index in [0.717, 1.165) is 25.7 Å². The summed E-state index contributed by atoms with van der Waals surface area (Å²) in [5.74, 6) is -1.50. The van der Waals surface area contributed by atoms with Crippen molar-refractivity contribution in [3.05, 3.63) is 0 Å². The fourth-order valence-electron chi connectivity index (χ4n) is 5.95. The molecule has 226 valence electrons. The maximum absolute atomic E-state index is 10.8. The van der Waals surface area contributed by atoms with Crippen molar-refractivity contribution in [2.24, 2.45) is 0 Å². The molecule has 2 fully saturated rings. The van der Waals surface area contributed by atoms with Crippen LogP contribution in [0.1, 0.15) is 81.1 Å². The number of aliphatic hydroxyl groups is 2. The molecule has 0 radical (unpaired) electrons. The highest BCUT2D eigenvalue weighted by Gasteiger charge is 2.45. The van der Waals surface area contributed by atoms with Gasteiger partial charge in [-0.1, -0.05) is 0 Å². The number of nitrogens with zero attached hydrogens (tertiary/aromatic N) is 4. The molecule has 10 heteroatoms. The Bertz CT molecular complexity index is 658. The SMILES string of the molecule is CN(CC(=O)O)C1CC(C)(C)N(C)C(C)(C)C1.CN(CC(=O)O)C1CC(C)(C)N(C)C(C)(C)C1.OCCO. The molecule has 4 N–H and O–H groups in total. The summed E-state index contributed by atoms with van der Waals surface area (Å²) in [4.78, 5) is 30.3. The second-order valence-electron chi connectivity index (χ2n) is 13.6. The molecule has 2 saturated heterocycles. The van der Waals surface area contributed by atoms with E-state index >= 15 is 0 Å². The van der Waals surface area contributed by atoms with Crippen molar-refractivity contribution < 1.29 is 30.0 Å². The number of carboxylic acids is 2. The van der Waals surface area contributed by atoms with Gasteiger partial charge in [0, 0.05) is 34.2 Å². The summed E-state index contributed by atoms with van der Waals surface area (Å²) in [5, 5.41) is 33.0. The number of carboxylic acid groups (broad SMARTS) is 2. The van der Waals surface area contributed by atoms with Gasteiger partial charge in [-0.2, -0.15) is 0 Å². The van der Waals surface area contributed by atoms with E-state index in [4.69, 9.17) is 20.4 Å². The van der Waals surface area contributed by atoms with Gasteiger partial charge in [0.25, 0.3) is 0 Å². The quantitative estimate of drug-likeness (QED) is 0.378. The maximum Gasteiger partial charge on any atom is 0.317 e. The minimum atomic E-state index is -0.748. The van der Waals surface area contributed by atoms with Crippen molar-refractivity contribution in [1.29, 1.82) is 0 Å². The number of likely N-dealkylation sites (tertiary alicyclic amines) is 2. The summed E-state index contributed by atoms with van der Waals surface area (Å²) in [6.45, 7) is 17.9. The van der Waals surface area contributed by atoms with Crippen LogP contribution in [-0.4, -0.2) is 141 Å². The number of aliphatic hydroxyl groups excluding tert-OH is 2. The van der Waals surface area contributed by atoms with Gasteiger partial charge in [0.05, 0.1) is 26.3 Å². The summed E-state index contributed by atoms with van der Waals surface area (Å²) in [7, 11) is 8.15. The van der Waals surface area contributed by atoms with Crippen LogP contribution in [0, 0.1) is 0 Å². The largest absolute Gasteiger partial charge is 0.480 e. The van der Waals surface area contributed by atoms with Crippen molar-refractivity contribution >= 4 is 11.9 Å². The Labute approximate surface area is 231 Å². The summed E-state index contributed by atoms with van der Waals surface area (Å²) in [5.41, 5.74) is 0.441. The van der Waals surface area contributed by atoms with Crippen LogP contribution in [0.3, 0.4) is 0 Å². The molecule has 0 aliphatic carbocycles. The first-order valence-electron chi connectivity index (χ1n) is 13.6. The first-order valence-corrected chi connectivity index (χ1v) is 13.6. The summed E-state index contributed by atoms with van der Waals surface area (Å²) < 4.78 is 0. The molecule has 2 aliphatic heterocycles. The number of carbonyl (C=O) groups is 2. The first kappa shape index (κ1) is 36.7. The lowest BCUT2D eigenvalue weighted by atomic mass is 9.77. The normalized spacial score (nSPS) is 23.3. The summed E-state index contributed by atoms with van der Waals surface area (Å²) in [6.07, 6.45) is 4.04. The molecule has 2 heterocycles. The molecule has 2 aliphatic rings. The topological polar surface area (TPSA) is 128 Å². The van der Waals surface area contributed by atoms with Crippen molar-refractivity contribution in [1.82, 2.24) is 19.6 Å². The minimum absolute atomic E-state index is 0.110. The van der Waals surface area contributed by atoms with Gasteiger partial charge in [0.1, 0.15) is 0 Å². The van der Waals surface area contributed by atoms with Crippen LogP contribution in [0.4, 0.5) is 0 Å². The summed E-state index contributed by atoms with van der Waals surface area (Å²) >= 11 is 0. The van der Waals surface area contributed by atoms with Crippen LogP contribution in [0.2, 0.25) is 0 Å². The van der Waals surface area contributed by atoms with E-state index in [-0.39, 0.29) is 48.5 Å². The third-order valence-corrected chi connectivity index (χ3v) is 8.69. The molecule has 0 saturated carbocycles. The van der Waals surface area contributed by atoms with Crippen LogP contribution in [0.5, 0.6) is 0 Å². The van der Waals surface area contributed by atoms with Crippen molar-refractivity contribution in [3.63, 3.8) is 0 Å². The predicted molar refractivity (Wildman–Crippen MR) is 153 cm³/mol. The van der Waals surface area contributed by atoms with Crippen molar-refractivity contribution in [2.75, 3.05) is 54.5 Å². The Hall–Kier alpha value is -1.30. The first-order chi connectivity index (χ1) is 17.0. The van der Waals surface area contributed by atoms with Gasteiger partial charge in [0.15, 0.2) is 0 Å². The van der Waals surface area contributed by atoms with Gasteiger partial charge in [-0.05, 0) is 109 Å². The van der Waals surface area contributed by atoms with E-state index < -0.39 is 11.9 Å². The zero-order valence-electron chi connectivity index (χ0n) is 26.2. The molecule has 0 aromatic carbocycles. The molecule has 0 aromatic rings. The van der Waals surface area contributed by atoms with Crippen molar-refractivity contribution in [2.45, 2.75) is 115 Å². The average Bonchev–Trinajstić information content (AvgIpc) is 2.74. The highest BCUT2D eigenvalue weighted by Crippen LogP contribution is 2.39. The Kier molecular flexibility index (Phi) is 13.9. The van der Waals surface area contributed by atoms with E-state index in [1.54, 1.807) is 0 Å². The molecular formula is C28H58N4O6. The Morgan fingerprint density at radius 3 is 1.00 bits per heavy atom. The van der Waals surface area contributed by atoms with Gasteiger partial charge in [-0.25, -0.2) is 0 Å². The second-order valence-corrected chi connectivity index (χ2v) is 13.6. The van der Waals surface area contributed by atoms with Gasteiger partial charge in [0.2, 0.25) is 0 Å². The monoisotopic (exact) mass is 546 g/mol. The molecule has 0 spiro atoms. The number of hydrogen-bond acceptors (Lipinski definition) is 8. The van der Waals surface area contributed by atoms with Gasteiger partial charge in [-0.15, -0.1) is 0 Å². The lowest BCUT2D eigenvalue weighted by molar-refractivity contribution is -0.140. The number of piperidine rings is 2. The fourth-order valence-corrected chi connectivity index (χ4v) is 5.95. The summed E-state index contributed by atoms with van der Waals surface area (Å²) in [6, 6.07) is 0.680. The van der Waals surface area contributed by atoms with E-state index in [2.05, 4.69) is 79.3 Å². The molecule has 2 rings (SSSR count). The number of rotatable bonds is 7. The third-order valence-electron chi connectivity index (χ3n) is 8.69. The van der Waals surface area contributed by atoms with Crippen LogP contribution in [0.25, 0.3) is 0 Å². The zero-order valence-corrected chi connectivity index (χ0v) is 26.2. The van der Waals surface area contributed by atoms with Gasteiger partial charge >= 0.3 is 11.9 Å². The van der Waals surface area contributed by atoms with Crippen LogP contribution in [0.15, 0.2) is 0 Å². The Morgan fingerprint density at radius 1 is 0.632 bits per heavy atom. The molecule has 38 heavy (non-hydrogen) atoms. The lowest BCUT2D eigenvalue weighted by Crippen LogP contribution is -2.62. The van der Waals surface area contributed by atoms with Crippen LogP contribution >= 0.6 is 0 Å². The minimum Gasteiger partial charge on any atom is -0.480 e. The lowest BCUT2D eigenvalue weighted by Gasteiger charge is -2.55. The number of hydrogen-bond donors (Lipinski definition) is 4. The maximum atomic E-state index is 10.8. The smallest absolute Gasteiger partial charge is 0.317 e. The molecule has 0 amide bonds. The van der Waals surface area contributed by atoms with E-state index in [1.165, 1.54) is 0 Å². The number of likely N-dealkylation sites (N-methyl/N-ethyl adjacent to an activating group) is 2. The van der Waals surface area contributed by atoms with E-state index in [1.807, 2.05) is 23.9 Å². The molecule has 0 atom stereocenters. The molecule has 0 bridgehead atoms. The predicted octanol–water partition coefficient (Wildman–Crippen LogP) is 2.28. The Balaban J connectivity index is 0.000000632. The van der Waals surface area contributed by atoms with Crippen LogP contribution in [-0.2, 0) is 9.59 Å². The average molecular weight is 547 g/mol. The van der Waals surface area contributed by atoms with Gasteiger partial charge in [-0.3, -0.25) is 29.2 Å².